The van der Waals surface area contributed by atoms with Crippen LogP contribution in [0, 0.1) is 19.2 Å². The summed E-state index contributed by atoms with van der Waals surface area (Å²) in [5.41, 5.74) is 7.04. The van der Waals surface area contributed by atoms with Crippen molar-refractivity contribution >= 4 is 21.2 Å². The molecule has 0 amide bonds. The van der Waals surface area contributed by atoms with E-state index in [1.807, 2.05) is 0 Å². The lowest BCUT2D eigenvalue weighted by atomic mass is 9.81. The fraction of sp³-hybridized carbons (Fsp3) is 0.458. The van der Waals surface area contributed by atoms with Crippen LogP contribution < -0.4 is 9.05 Å². The summed E-state index contributed by atoms with van der Waals surface area (Å²) in [5, 5.41) is 2.58. The van der Waals surface area contributed by atoms with Crippen LogP contribution in [0.2, 0.25) is 0 Å². The third-order valence-corrected chi connectivity index (χ3v) is 6.28. The van der Waals surface area contributed by atoms with Gasteiger partial charge in [-0.05, 0) is 48.4 Å². The van der Waals surface area contributed by atoms with Crippen LogP contribution in [0.15, 0.2) is 24.3 Å². The zero-order valence-corrected chi connectivity index (χ0v) is 20.5. The quantitative estimate of drug-likeness (QED) is 0.264. The number of thiocyanates is 1. The smallest absolute Gasteiger partial charge is 0.374 e. The zero-order valence-electron chi connectivity index (χ0n) is 18.7. The van der Waals surface area contributed by atoms with Gasteiger partial charge in [-0.3, -0.25) is 0 Å². The van der Waals surface area contributed by atoms with Gasteiger partial charge in [-0.15, -0.1) is 0 Å². The van der Waals surface area contributed by atoms with E-state index in [4.69, 9.17) is 9.05 Å². The lowest BCUT2D eigenvalue weighted by Gasteiger charge is -2.29. The molecule has 0 radical (unpaired) electrons. The van der Waals surface area contributed by atoms with Gasteiger partial charge < -0.3 is 9.05 Å². The third kappa shape index (κ3) is 4.73. The van der Waals surface area contributed by atoms with Gasteiger partial charge in [-0.2, -0.15) is 0 Å². The maximum atomic E-state index is 6.41. The topological polar surface area (TPSA) is 22.8 Å². The van der Waals surface area contributed by atoms with Gasteiger partial charge in [0.05, 0.1) is 0 Å². The summed E-state index contributed by atoms with van der Waals surface area (Å²) in [6.45, 7) is 17.5. The Morgan fingerprint density at radius 3 is 1.59 bits per heavy atom. The van der Waals surface area contributed by atoms with Gasteiger partial charge >= 0.3 is 13.9 Å². The Bertz CT molecular complexity index is 935. The molecule has 1 aliphatic rings. The fourth-order valence-corrected chi connectivity index (χ4v) is 4.90. The van der Waals surface area contributed by atoms with Crippen molar-refractivity contribution in [1.82, 2.24) is 0 Å². The summed E-state index contributed by atoms with van der Waals surface area (Å²) < 4.78 is 17.1. The number of hydrogen-bond acceptors (Lipinski definition) is 3. The molecule has 0 saturated heterocycles. The monoisotopic (exact) mass is 428 g/mol. The molecule has 1 heterocycles. The van der Waals surface area contributed by atoms with Crippen LogP contribution in [-0.4, -0.2) is 0 Å². The van der Waals surface area contributed by atoms with Crippen LogP contribution in [-0.2, 0) is 17.3 Å². The predicted molar refractivity (Wildman–Crippen MR) is 127 cm³/mol. The number of nitrogens with zero attached hydrogens (tertiary/aromatic N) is 1. The van der Waals surface area contributed by atoms with Gasteiger partial charge in [-0.25, -0.2) is 0 Å². The van der Waals surface area contributed by atoms with Crippen molar-refractivity contribution in [1.29, 1.82) is 0 Å². The molecule has 3 rings (SSSR count). The van der Waals surface area contributed by atoms with E-state index in [1.54, 1.807) is 0 Å². The van der Waals surface area contributed by atoms with E-state index in [1.165, 1.54) is 33.4 Å². The maximum absolute atomic E-state index is 6.41. The second kappa shape index (κ2) is 7.86. The first kappa shape index (κ1) is 22.0. The second-order valence-corrected chi connectivity index (χ2v) is 11.1. The van der Waals surface area contributed by atoms with E-state index in [0.29, 0.717) is 0 Å². The summed E-state index contributed by atoms with van der Waals surface area (Å²) in [6.07, 6.45) is 0.762. The molecule has 154 valence electrons. The SMILES string of the molecule is Cc1cc2c(c(C(C)(C)C)c1)OP([N+]#CS)Oc1c(cc(C)cc1C(C)(C)C)C2. The Hall–Kier alpha value is -1.69. The molecule has 0 unspecified atom stereocenters. The molecule has 3 nitrogen and oxygen atoms in total. The normalized spacial score (nSPS) is 14.4. The molecular formula is C24H31NO2PS+. The number of rotatable bonds is 0. The van der Waals surface area contributed by atoms with Crippen LogP contribution in [0.3, 0.4) is 0 Å². The van der Waals surface area contributed by atoms with Crippen LogP contribution in [0.5, 0.6) is 11.5 Å². The first-order chi connectivity index (χ1) is 13.4. The standard InChI is InChI=1S/C24H30NO2PS/c1-15-9-17-13-18-10-16(2)12-20(24(6,7)8)22(18)27-28(25-14-29)26-21(17)19(11-15)23(3,4)5/h9-12H,13H2,1-8H3/p+1. The minimum absolute atomic E-state index is 0.0588. The summed E-state index contributed by atoms with van der Waals surface area (Å²) in [7, 11) is -1.60. The number of fused-ring (bicyclic) bond motifs is 2. The lowest BCUT2D eigenvalue weighted by molar-refractivity contribution is 0.456. The Balaban J connectivity index is 2.31. The highest BCUT2D eigenvalue weighted by Gasteiger charge is 2.38. The van der Waals surface area contributed by atoms with Crippen molar-refractivity contribution in [3.8, 4) is 16.9 Å². The Labute approximate surface area is 182 Å². The van der Waals surface area contributed by atoms with E-state index >= 15 is 0 Å². The van der Waals surface area contributed by atoms with E-state index in [-0.39, 0.29) is 10.8 Å². The summed E-state index contributed by atoms with van der Waals surface area (Å²) in [6, 6.07) is 8.86. The second-order valence-electron chi connectivity index (χ2n) is 9.90. The van der Waals surface area contributed by atoms with Crippen LogP contribution in [0.4, 0.5) is 0 Å². The molecule has 1 aliphatic heterocycles. The summed E-state index contributed by atoms with van der Waals surface area (Å²) in [4.78, 5) is 0. The molecule has 0 aromatic heterocycles. The minimum atomic E-state index is -1.60. The van der Waals surface area contributed by atoms with Gasteiger partial charge in [0.1, 0.15) is 11.5 Å². The molecule has 0 bridgehead atoms. The van der Waals surface area contributed by atoms with Crippen molar-refractivity contribution in [2.24, 2.45) is 0 Å². The van der Waals surface area contributed by atoms with Gasteiger partial charge in [0, 0.05) is 22.2 Å². The van der Waals surface area contributed by atoms with Crippen molar-refractivity contribution < 1.29 is 9.05 Å². The molecule has 0 saturated carbocycles. The molecule has 0 spiro atoms. The number of hydrogen-bond donors (Lipinski definition) is 1. The average molecular weight is 429 g/mol. The van der Waals surface area contributed by atoms with Gasteiger partial charge in [0.2, 0.25) is 0 Å². The van der Waals surface area contributed by atoms with Crippen LogP contribution in [0.25, 0.3) is 4.62 Å². The van der Waals surface area contributed by atoms with E-state index in [9.17, 15) is 0 Å². The molecular weight excluding hydrogens is 397 g/mol. The molecule has 0 fully saturated rings. The summed E-state index contributed by atoms with van der Waals surface area (Å²) >= 11 is 4.07. The van der Waals surface area contributed by atoms with Gasteiger partial charge in [-0.1, -0.05) is 76.9 Å². The number of thiol groups is 1. The minimum Gasteiger partial charge on any atom is -0.374 e. The number of aryl methyl sites for hydroxylation is 2. The van der Waals surface area contributed by atoms with Crippen molar-refractivity contribution in [3.63, 3.8) is 0 Å². The van der Waals surface area contributed by atoms with E-state index in [0.717, 1.165) is 17.9 Å². The number of benzene rings is 2. The highest BCUT2D eigenvalue weighted by Crippen LogP contribution is 2.52. The van der Waals surface area contributed by atoms with E-state index < -0.39 is 8.53 Å². The Kier molecular flexibility index (Phi) is 5.96. The summed E-state index contributed by atoms with van der Waals surface area (Å²) in [5.74, 6) is 1.76. The predicted octanol–water partition coefficient (Wildman–Crippen LogP) is 7.71. The first-order valence-corrected chi connectivity index (χ1v) is 11.5. The average Bonchev–Trinajstić information content (AvgIpc) is 2.55. The van der Waals surface area contributed by atoms with Crippen LogP contribution in [0.1, 0.15) is 74.9 Å². The van der Waals surface area contributed by atoms with Crippen LogP contribution >= 0.6 is 21.2 Å². The first-order valence-electron chi connectivity index (χ1n) is 9.94. The molecule has 2 aromatic carbocycles. The lowest BCUT2D eigenvalue weighted by Crippen LogP contribution is -2.18. The van der Waals surface area contributed by atoms with Crippen molar-refractivity contribution in [3.05, 3.63) is 62.3 Å². The maximum Gasteiger partial charge on any atom is 0.773 e. The molecule has 0 aliphatic carbocycles. The highest BCUT2D eigenvalue weighted by molar-refractivity contribution is 7.85. The van der Waals surface area contributed by atoms with Gasteiger partial charge in [0.15, 0.2) is 0 Å². The van der Waals surface area contributed by atoms with E-state index in [2.05, 4.69) is 102 Å². The highest BCUT2D eigenvalue weighted by atomic mass is 32.1. The Morgan fingerprint density at radius 1 is 0.828 bits per heavy atom. The zero-order chi connectivity index (χ0) is 21.6. The van der Waals surface area contributed by atoms with Gasteiger partial charge in [0.25, 0.3) is 0 Å². The third-order valence-electron chi connectivity index (χ3n) is 5.08. The molecule has 0 N–H and O–H groups in total. The molecule has 0 atom stereocenters. The largest absolute Gasteiger partial charge is 0.773 e. The van der Waals surface area contributed by atoms with Crippen molar-refractivity contribution in [2.45, 2.75) is 72.6 Å². The Morgan fingerprint density at radius 2 is 1.24 bits per heavy atom. The molecule has 5 heteroatoms. The fourth-order valence-electron chi connectivity index (χ4n) is 3.75. The molecule has 29 heavy (non-hydrogen) atoms. The molecule has 2 aromatic rings. The van der Waals surface area contributed by atoms with Crippen molar-refractivity contribution in [2.75, 3.05) is 0 Å².